The molecule has 13 rings (SSSR count). The highest BCUT2D eigenvalue weighted by molar-refractivity contribution is 5.91. The van der Waals surface area contributed by atoms with Crippen molar-refractivity contribution < 1.29 is 27.8 Å². The van der Waals surface area contributed by atoms with Gasteiger partial charge >= 0.3 is 0 Å². The maximum absolute atomic E-state index is 14.2. The van der Waals surface area contributed by atoms with Gasteiger partial charge in [0.2, 0.25) is 0 Å². The first-order valence-electron chi connectivity index (χ1n) is 24.4. The van der Waals surface area contributed by atoms with Crippen LogP contribution >= 0.6 is 0 Å². The van der Waals surface area contributed by atoms with E-state index in [2.05, 4.69) is 0 Å². The Morgan fingerprint density at radius 1 is 0.203 bits per heavy atom. The Labute approximate surface area is 425 Å². The molecule has 11 aromatic rings. The van der Waals surface area contributed by atoms with Crippen LogP contribution in [-0.4, -0.2) is 10.2 Å². The predicted molar refractivity (Wildman–Crippen MR) is 287 cm³/mol. The van der Waals surface area contributed by atoms with Gasteiger partial charge in [-0.25, -0.2) is 17.6 Å². The number of benzene rings is 11. The second-order valence-corrected chi connectivity index (χ2v) is 19.2. The Balaban J connectivity index is 0.943. The van der Waals surface area contributed by atoms with Crippen LogP contribution in [0.15, 0.2) is 243 Å². The average molecular weight is 967 g/mol. The zero-order valence-corrected chi connectivity index (χ0v) is 39.5. The zero-order valence-electron chi connectivity index (χ0n) is 39.5. The van der Waals surface area contributed by atoms with Crippen molar-refractivity contribution >= 4 is 0 Å². The second-order valence-electron chi connectivity index (χ2n) is 19.2. The van der Waals surface area contributed by atoms with E-state index in [0.717, 1.165) is 89.0 Å². The van der Waals surface area contributed by atoms with Crippen molar-refractivity contribution in [2.24, 2.45) is 0 Å². The molecular weight excluding hydrogens is 925 g/mol. The third-order valence-corrected chi connectivity index (χ3v) is 15.1. The molecule has 0 unspecified atom stereocenters. The van der Waals surface area contributed by atoms with Gasteiger partial charge in [0, 0.05) is 33.4 Å². The summed E-state index contributed by atoms with van der Waals surface area (Å²) in [6, 6.07) is 73.1. The molecule has 0 bridgehead atoms. The highest BCUT2D eigenvalue weighted by Gasteiger charge is 2.46. The van der Waals surface area contributed by atoms with Gasteiger partial charge in [-0.1, -0.05) is 170 Å². The van der Waals surface area contributed by atoms with E-state index in [1.165, 1.54) is 48.5 Å². The minimum Gasteiger partial charge on any atom is -0.376 e. The van der Waals surface area contributed by atoms with E-state index >= 15 is 0 Å². The molecule has 0 heterocycles. The molecule has 0 saturated carbocycles. The van der Waals surface area contributed by atoms with Crippen LogP contribution in [0.4, 0.5) is 17.6 Å². The Bertz CT molecular complexity index is 3540. The van der Waals surface area contributed by atoms with Crippen LogP contribution < -0.4 is 0 Å². The minimum atomic E-state index is -1.66. The van der Waals surface area contributed by atoms with Crippen molar-refractivity contribution in [3.8, 4) is 89.0 Å². The van der Waals surface area contributed by atoms with Crippen LogP contribution in [0.2, 0.25) is 0 Å². The normalized spacial score (nSPS) is 13.5. The van der Waals surface area contributed by atoms with Gasteiger partial charge in [0.1, 0.15) is 34.5 Å². The summed E-state index contributed by atoms with van der Waals surface area (Å²) in [6.07, 6.45) is 0. The van der Waals surface area contributed by atoms with Gasteiger partial charge in [0.25, 0.3) is 0 Å². The highest BCUT2D eigenvalue weighted by Crippen LogP contribution is 2.56. The van der Waals surface area contributed by atoms with Gasteiger partial charge < -0.3 is 10.2 Å². The molecule has 354 valence electrons. The summed E-state index contributed by atoms with van der Waals surface area (Å²) in [5.41, 5.74) is 14.0. The molecule has 0 spiro atoms. The van der Waals surface area contributed by atoms with Crippen LogP contribution in [0.25, 0.3) is 89.0 Å². The number of rotatable bonds is 8. The van der Waals surface area contributed by atoms with E-state index in [1.807, 2.05) is 146 Å². The Kier molecular flexibility index (Phi) is 10.6. The van der Waals surface area contributed by atoms with Crippen molar-refractivity contribution in [3.63, 3.8) is 0 Å². The molecule has 6 heteroatoms. The topological polar surface area (TPSA) is 40.5 Å². The summed E-state index contributed by atoms with van der Waals surface area (Å²) >= 11 is 0. The molecule has 2 nitrogen and oxygen atoms in total. The van der Waals surface area contributed by atoms with E-state index in [0.29, 0.717) is 33.4 Å². The third kappa shape index (κ3) is 7.25. The summed E-state index contributed by atoms with van der Waals surface area (Å²) in [5.74, 6) is -1.35. The van der Waals surface area contributed by atoms with Crippen molar-refractivity contribution in [2.75, 3.05) is 0 Å². The first kappa shape index (κ1) is 45.0. The molecule has 0 atom stereocenters. The summed E-state index contributed by atoms with van der Waals surface area (Å²) in [5, 5.41) is 27.5. The van der Waals surface area contributed by atoms with Crippen molar-refractivity contribution in [1.29, 1.82) is 0 Å². The smallest absolute Gasteiger partial charge is 0.142 e. The minimum absolute atomic E-state index is 0.338. The first-order chi connectivity index (χ1) is 36.0. The van der Waals surface area contributed by atoms with Crippen LogP contribution in [0, 0.1) is 23.3 Å². The van der Waals surface area contributed by atoms with E-state index in [4.69, 9.17) is 0 Å². The van der Waals surface area contributed by atoms with Gasteiger partial charge in [0.05, 0.1) is 0 Å². The lowest BCUT2D eigenvalue weighted by Gasteiger charge is -2.30. The van der Waals surface area contributed by atoms with Gasteiger partial charge in [-0.15, -0.1) is 0 Å². The van der Waals surface area contributed by atoms with Crippen LogP contribution in [0.3, 0.4) is 0 Å². The third-order valence-electron chi connectivity index (χ3n) is 15.1. The van der Waals surface area contributed by atoms with Gasteiger partial charge in [-0.3, -0.25) is 0 Å². The largest absolute Gasteiger partial charge is 0.376 e. The van der Waals surface area contributed by atoms with Crippen molar-refractivity contribution in [3.05, 3.63) is 299 Å². The lowest BCUT2D eigenvalue weighted by Crippen LogP contribution is -2.27. The molecule has 2 aliphatic rings. The summed E-state index contributed by atoms with van der Waals surface area (Å²) in [7, 11) is 0. The van der Waals surface area contributed by atoms with Crippen molar-refractivity contribution in [2.45, 2.75) is 11.2 Å². The Hall–Kier alpha value is -8.94. The van der Waals surface area contributed by atoms with Crippen molar-refractivity contribution in [1.82, 2.24) is 0 Å². The second kappa shape index (κ2) is 17.4. The fraction of sp³-hybridized carbons (Fsp3) is 0.0294. The quantitative estimate of drug-likeness (QED) is 0.149. The fourth-order valence-corrected chi connectivity index (χ4v) is 11.4. The number of aliphatic hydroxyl groups is 2. The summed E-state index contributed by atoms with van der Waals surface area (Å²) < 4.78 is 56.6. The maximum Gasteiger partial charge on any atom is 0.142 e. The molecule has 0 radical (unpaired) electrons. The fourth-order valence-electron chi connectivity index (χ4n) is 11.4. The number of fused-ring (bicyclic) bond motifs is 6. The molecule has 11 aromatic carbocycles. The lowest BCUT2D eigenvalue weighted by molar-refractivity contribution is 0.131. The van der Waals surface area contributed by atoms with E-state index in [1.54, 1.807) is 48.5 Å². The first-order valence-corrected chi connectivity index (χ1v) is 24.4. The summed E-state index contributed by atoms with van der Waals surface area (Å²) in [6.45, 7) is 0. The molecule has 2 N–H and O–H groups in total. The van der Waals surface area contributed by atoms with Crippen LogP contribution in [0.1, 0.15) is 33.4 Å². The number of halogens is 4. The SMILES string of the molecule is OC1(c2ccccc2-c2ccc(-c3ccccc3C3(O)c4cc(-c5ccc(F)cc5)ccc4-c4ccc(-c5ccc(F)cc5)cc43)cc2)c2cc(-c3ccc(F)cc3)ccc2-c2ccc(-c3ccc(F)cc3)cc21. The molecule has 0 amide bonds. The molecular formula is C68H42F4O2. The van der Waals surface area contributed by atoms with E-state index < -0.39 is 11.2 Å². The van der Waals surface area contributed by atoms with Crippen LogP contribution in [-0.2, 0) is 11.2 Å². The Morgan fingerprint density at radius 3 is 0.676 bits per heavy atom. The number of hydrogen-bond acceptors (Lipinski definition) is 2. The molecule has 0 saturated heterocycles. The molecule has 2 aliphatic carbocycles. The van der Waals surface area contributed by atoms with Gasteiger partial charge in [0.15, 0.2) is 0 Å². The molecule has 74 heavy (non-hydrogen) atoms. The monoisotopic (exact) mass is 966 g/mol. The molecule has 0 fully saturated rings. The zero-order chi connectivity index (χ0) is 50.3. The van der Waals surface area contributed by atoms with Gasteiger partial charge in [-0.05, 0) is 162 Å². The van der Waals surface area contributed by atoms with Gasteiger partial charge in [-0.2, -0.15) is 0 Å². The predicted octanol–water partition coefficient (Wildman–Crippen LogP) is 16.8. The average Bonchev–Trinajstić information content (AvgIpc) is 3.91. The number of hydrogen-bond donors (Lipinski definition) is 2. The molecule has 0 aliphatic heterocycles. The highest BCUT2D eigenvalue weighted by atomic mass is 19.1. The lowest BCUT2D eigenvalue weighted by atomic mass is 9.78. The summed E-state index contributed by atoms with van der Waals surface area (Å²) in [4.78, 5) is 0. The van der Waals surface area contributed by atoms with Crippen LogP contribution in [0.5, 0.6) is 0 Å². The van der Waals surface area contributed by atoms with E-state index in [9.17, 15) is 27.8 Å². The standard InChI is InChI=1S/C68H42F4O2/c69-51-25-13-41(14-26-51)47-21-33-57-58-34-22-48(42-15-27-52(70)28-16-42)38-64(58)67(73,63(57)37-47)61-7-3-1-5-55(61)45-9-11-46(12-10-45)56-6-2-4-8-62(56)68(74)65-39-49(43-17-29-53(71)30-18-43)23-35-59(65)60-36-24-50(40-66(60)68)44-19-31-54(72)32-20-44/h1-40,73-74H. The maximum atomic E-state index is 14.2. The van der Waals surface area contributed by atoms with E-state index in [-0.39, 0.29) is 23.3 Å². The molecule has 0 aromatic heterocycles. The Morgan fingerprint density at radius 2 is 0.419 bits per heavy atom.